The second-order valence-electron chi connectivity index (χ2n) is 12.4. The van der Waals surface area contributed by atoms with Crippen LogP contribution in [0.3, 0.4) is 0 Å². The summed E-state index contributed by atoms with van der Waals surface area (Å²) in [6.07, 6.45) is 9.21. The van der Waals surface area contributed by atoms with Crippen LogP contribution in [0, 0.1) is 5.41 Å². The summed E-state index contributed by atoms with van der Waals surface area (Å²) < 4.78 is 0. The van der Waals surface area contributed by atoms with Gasteiger partial charge < -0.3 is 20.8 Å². The van der Waals surface area contributed by atoms with Gasteiger partial charge in [-0.15, -0.1) is 0 Å². The van der Waals surface area contributed by atoms with Crippen LogP contribution in [0.4, 0.5) is 0 Å². The van der Waals surface area contributed by atoms with E-state index in [1.807, 2.05) is 65.6 Å². The number of hydrogen-bond donors (Lipinski definition) is 3. The number of amides is 2. The minimum absolute atomic E-state index is 0.296. The molecule has 2 aromatic rings. The highest BCUT2D eigenvalue weighted by Gasteiger charge is 2.57. The van der Waals surface area contributed by atoms with Gasteiger partial charge in [-0.3, -0.25) is 9.59 Å². The lowest BCUT2D eigenvalue weighted by molar-refractivity contribution is -0.169. The number of hydrogen-bond acceptors (Lipinski definition) is 4. The van der Waals surface area contributed by atoms with Crippen LogP contribution in [0.5, 0.6) is 0 Å². The number of primary amides is 1. The van der Waals surface area contributed by atoms with E-state index in [2.05, 4.69) is 0 Å². The van der Waals surface area contributed by atoms with Crippen LogP contribution in [-0.4, -0.2) is 50.2 Å². The summed E-state index contributed by atoms with van der Waals surface area (Å²) in [6, 6.07) is 18.8. The lowest BCUT2D eigenvalue weighted by Gasteiger charge is -2.51. The molecule has 3 aliphatic carbocycles. The third-order valence-corrected chi connectivity index (χ3v) is 9.97. The molecule has 39 heavy (non-hydrogen) atoms. The van der Waals surface area contributed by atoms with E-state index >= 15 is 0 Å². The molecule has 0 aliphatic heterocycles. The molecular weight excluding hydrogens is 488 g/mol. The Morgan fingerprint density at radius 3 is 1.38 bits per heavy atom. The highest BCUT2D eigenvalue weighted by molar-refractivity contribution is 6.05. The first-order chi connectivity index (χ1) is 18.8. The SMILES string of the molecule is NC(=O)C1(C(=O)N(C(Cc2ccccc2)C2(O)CCCC2)C(Cc2ccccc2)C2(O)CCCC2)CCCC1. The van der Waals surface area contributed by atoms with Crippen molar-refractivity contribution in [3.63, 3.8) is 0 Å². The Kier molecular flexibility index (Phi) is 8.16. The van der Waals surface area contributed by atoms with Gasteiger partial charge >= 0.3 is 0 Å². The highest BCUT2D eigenvalue weighted by atomic mass is 16.3. The third-order valence-electron chi connectivity index (χ3n) is 9.97. The predicted molar refractivity (Wildman–Crippen MR) is 152 cm³/mol. The Labute approximate surface area is 232 Å². The standard InChI is InChI=1S/C33H44N2O4/c34-29(36)31(17-7-8-18-31)30(37)35(27(32(38)19-9-10-20-32)23-25-13-3-1-4-14-25)28(33(39)21-11-12-22-33)24-26-15-5-2-6-16-26/h1-6,13-16,27-28,38-39H,7-12,17-24H2,(H2,34,36). The number of benzene rings is 2. The molecule has 3 fully saturated rings. The van der Waals surface area contributed by atoms with Gasteiger partial charge in [0.25, 0.3) is 0 Å². The normalized spacial score (nSPS) is 22.8. The van der Waals surface area contributed by atoms with Crippen molar-refractivity contribution in [2.45, 2.75) is 113 Å². The fourth-order valence-electron chi connectivity index (χ4n) is 7.70. The van der Waals surface area contributed by atoms with E-state index in [1.54, 1.807) is 0 Å². The van der Waals surface area contributed by atoms with E-state index < -0.39 is 34.6 Å². The first kappa shape index (κ1) is 27.9. The largest absolute Gasteiger partial charge is 0.388 e. The van der Waals surface area contributed by atoms with Crippen LogP contribution in [-0.2, 0) is 22.4 Å². The van der Waals surface area contributed by atoms with Crippen molar-refractivity contribution >= 4 is 11.8 Å². The number of nitrogens with two attached hydrogens (primary N) is 1. The van der Waals surface area contributed by atoms with Gasteiger partial charge in [0.2, 0.25) is 11.8 Å². The molecule has 2 atom stereocenters. The Morgan fingerprint density at radius 2 is 1.03 bits per heavy atom. The predicted octanol–water partition coefficient (Wildman–Crippen LogP) is 4.69. The maximum Gasteiger partial charge on any atom is 0.238 e. The number of aliphatic hydroxyl groups is 2. The topological polar surface area (TPSA) is 104 Å². The summed E-state index contributed by atoms with van der Waals surface area (Å²) in [4.78, 5) is 29.9. The maximum atomic E-state index is 15.0. The summed E-state index contributed by atoms with van der Waals surface area (Å²) in [6.45, 7) is 0. The molecule has 0 heterocycles. The van der Waals surface area contributed by atoms with E-state index in [-0.39, 0.29) is 5.91 Å². The van der Waals surface area contributed by atoms with Gasteiger partial charge in [-0.1, -0.05) is 99.2 Å². The van der Waals surface area contributed by atoms with Crippen LogP contribution < -0.4 is 5.73 Å². The fraction of sp³-hybridized carbons (Fsp3) is 0.576. The Hall–Kier alpha value is -2.70. The van der Waals surface area contributed by atoms with Gasteiger partial charge in [0.15, 0.2) is 0 Å². The minimum atomic E-state index is -1.30. The first-order valence-corrected chi connectivity index (χ1v) is 14.9. The molecule has 6 nitrogen and oxygen atoms in total. The van der Waals surface area contributed by atoms with Gasteiger partial charge in [0.1, 0.15) is 5.41 Å². The number of carbonyl (C=O) groups excluding carboxylic acids is 2. The van der Waals surface area contributed by atoms with E-state index in [9.17, 15) is 19.8 Å². The Bertz CT molecular complexity index is 1050. The minimum Gasteiger partial charge on any atom is -0.388 e. The van der Waals surface area contributed by atoms with Gasteiger partial charge in [-0.05, 0) is 62.5 Å². The molecule has 0 radical (unpaired) electrons. The molecule has 3 saturated carbocycles. The molecule has 3 aliphatic rings. The smallest absolute Gasteiger partial charge is 0.238 e. The quantitative estimate of drug-likeness (QED) is 0.386. The number of rotatable bonds is 10. The molecule has 210 valence electrons. The second-order valence-corrected chi connectivity index (χ2v) is 12.4. The molecule has 4 N–H and O–H groups in total. The summed E-state index contributed by atoms with van der Waals surface area (Å²) >= 11 is 0. The van der Waals surface area contributed by atoms with E-state index in [0.717, 1.165) is 49.7 Å². The van der Waals surface area contributed by atoms with Crippen LogP contribution >= 0.6 is 0 Å². The average molecular weight is 533 g/mol. The van der Waals surface area contributed by atoms with Crippen LogP contribution in [0.1, 0.15) is 88.2 Å². The van der Waals surface area contributed by atoms with E-state index in [0.29, 0.717) is 51.4 Å². The van der Waals surface area contributed by atoms with Crippen molar-refractivity contribution in [3.8, 4) is 0 Å². The molecular formula is C33H44N2O4. The monoisotopic (exact) mass is 532 g/mol. The summed E-state index contributed by atoms with van der Waals surface area (Å²) in [5.74, 6) is -0.876. The molecule has 2 aromatic carbocycles. The van der Waals surface area contributed by atoms with Crippen molar-refractivity contribution in [1.29, 1.82) is 0 Å². The van der Waals surface area contributed by atoms with Gasteiger partial charge in [0, 0.05) is 0 Å². The van der Waals surface area contributed by atoms with Crippen LogP contribution in [0.2, 0.25) is 0 Å². The molecule has 0 aromatic heterocycles. The lowest BCUT2D eigenvalue weighted by atomic mass is 9.76. The summed E-state index contributed by atoms with van der Waals surface area (Å²) in [7, 11) is 0. The Morgan fingerprint density at radius 1 is 0.667 bits per heavy atom. The first-order valence-electron chi connectivity index (χ1n) is 14.9. The molecule has 2 unspecified atom stereocenters. The lowest BCUT2D eigenvalue weighted by Crippen LogP contribution is -2.67. The molecule has 2 amide bonds. The number of carbonyl (C=O) groups is 2. The van der Waals surface area contributed by atoms with Crippen LogP contribution in [0.15, 0.2) is 60.7 Å². The van der Waals surface area contributed by atoms with Crippen molar-refractivity contribution in [2.24, 2.45) is 11.1 Å². The van der Waals surface area contributed by atoms with Crippen molar-refractivity contribution < 1.29 is 19.8 Å². The second kappa shape index (κ2) is 11.4. The van der Waals surface area contributed by atoms with Crippen LogP contribution in [0.25, 0.3) is 0 Å². The molecule has 0 saturated heterocycles. The maximum absolute atomic E-state index is 15.0. The average Bonchev–Trinajstić information content (AvgIpc) is 3.71. The summed E-state index contributed by atoms with van der Waals surface area (Å²) in [5, 5.41) is 24.5. The summed E-state index contributed by atoms with van der Waals surface area (Å²) in [5.41, 5.74) is 4.58. The van der Waals surface area contributed by atoms with E-state index in [1.165, 1.54) is 0 Å². The highest BCUT2D eigenvalue weighted by Crippen LogP contribution is 2.47. The fourth-order valence-corrected chi connectivity index (χ4v) is 7.70. The Balaban J connectivity index is 1.68. The van der Waals surface area contributed by atoms with Crippen molar-refractivity contribution in [3.05, 3.63) is 71.8 Å². The molecule has 0 bridgehead atoms. The van der Waals surface area contributed by atoms with E-state index in [4.69, 9.17) is 5.73 Å². The van der Waals surface area contributed by atoms with Crippen molar-refractivity contribution in [2.75, 3.05) is 0 Å². The molecule has 0 spiro atoms. The third kappa shape index (κ3) is 5.51. The zero-order valence-electron chi connectivity index (χ0n) is 23.1. The van der Waals surface area contributed by atoms with Gasteiger partial charge in [0.05, 0.1) is 23.3 Å². The van der Waals surface area contributed by atoms with Crippen molar-refractivity contribution in [1.82, 2.24) is 4.90 Å². The zero-order valence-corrected chi connectivity index (χ0v) is 23.1. The van der Waals surface area contributed by atoms with Gasteiger partial charge in [-0.2, -0.15) is 0 Å². The van der Waals surface area contributed by atoms with Gasteiger partial charge in [-0.25, -0.2) is 0 Å². The molecule has 6 heteroatoms. The molecule has 5 rings (SSSR count). The zero-order chi connectivity index (χ0) is 27.5. The number of nitrogens with zero attached hydrogens (tertiary/aromatic N) is 1.